The summed E-state index contributed by atoms with van der Waals surface area (Å²) in [7, 11) is 0. The zero-order valence-corrected chi connectivity index (χ0v) is 15.7. The molecule has 5 nitrogen and oxygen atoms in total. The molecule has 1 saturated heterocycles. The lowest BCUT2D eigenvalue weighted by Crippen LogP contribution is -2.30. The first-order valence-electron chi connectivity index (χ1n) is 8.60. The van der Waals surface area contributed by atoms with Crippen molar-refractivity contribution in [2.75, 3.05) is 18.5 Å². The molecule has 2 atom stereocenters. The minimum atomic E-state index is -0.530. The quantitative estimate of drug-likeness (QED) is 0.847. The van der Waals surface area contributed by atoms with E-state index in [1.807, 2.05) is 5.38 Å². The molecule has 1 N–H and O–H groups in total. The van der Waals surface area contributed by atoms with Crippen LogP contribution in [0.3, 0.4) is 0 Å². The molecule has 1 aromatic carbocycles. The van der Waals surface area contributed by atoms with E-state index in [1.54, 1.807) is 6.92 Å². The number of aryl methyl sites for hydroxylation is 2. The van der Waals surface area contributed by atoms with Gasteiger partial charge in [0.25, 0.3) is 5.91 Å². The Morgan fingerprint density at radius 2 is 2.32 bits per heavy atom. The summed E-state index contributed by atoms with van der Waals surface area (Å²) >= 11 is 1.42. The first kappa shape index (κ1) is 18.0. The molecule has 25 heavy (non-hydrogen) atoms. The predicted octanol–water partition coefficient (Wildman–Crippen LogP) is 3.95. The zero-order chi connectivity index (χ0) is 17.8. The van der Waals surface area contributed by atoms with Gasteiger partial charge < -0.3 is 9.47 Å². The van der Waals surface area contributed by atoms with E-state index < -0.39 is 6.10 Å². The Hall–Kier alpha value is -1.76. The van der Waals surface area contributed by atoms with Gasteiger partial charge in [0.05, 0.1) is 18.4 Å². The Bertz CT molecular complexity index is 738. The van der Waals surface area contributed by atoms with Gasteiger partial charge in [-0.2, -0.15) is 0 Å². The highest BCUT2D eigenvalue weighted by atomic mass is 32.1. The summed E-state index contributed by atoms with van der Waals surface area (Å²) in [4.78, 5) is 16.8. The second-order valence-electron chi connectivity index (χ2n) is 6.46. The summed E-state index contributed by atoms with van der Waals surface area (Å²) in [5, 5.41) is 5.39. The van der Waals surface area contributed by atoms with Gasteiger partial charge in [0.1, 0.15) is 6.10 Å². The summed E-state index contributed by atoms with van der Waals surface area (Å²) in [5.41, 5.74) is 4.37. The van der Waals surface area contributed by atoms with E-state index in [2.05, 4.69) is 42.3 Å². The standard InChI is InChI=1S/C19H24N2O3S/c1-12-6-7-16(13(2)9-12)17-11-25-19(20-17)21-18(22)14(3)24-10-15-5-4-8-23-15/h6-7,9,11,14-15H,4-5,8,10H2,1-3H3,(H,20,21,22)/t14-,15-/m0/s1. The number of amides is 1. The number of aromatic nitrogens is 1. The van der Waals surface area contributed by atoms with Crippen LogP contribution >= 0.6 is 11.3 Å². The SMILES string of the molecule is Cc1ccc(-c2csc(NC(=O)[C@H](C)OC[C@@H]3CCCO3)n2)c(C)c1. The van der Waals surface area contributed by atoms with Gasteiger partial charge in [-0.25, -0.2) is 4.98 Å². The maximum absolute atomic E-state index is 12.3. The fraction of sp³-hybridized carbons (Fsp3) is 0.474. The summed E-state index contributed by atoms with van der Waals surface area (Å²) < 4.78 is 11.1. The number of ether oxygens (including phenoxy) is 2. The van der Waals surface area contributed by atoms with Crippen LogP contribution in [0.1, 0.15) is 30.9 Å². The van der Waals surface area contributed by atoms with Gasteiger partial charge in [0.15, 0.2) is 5.13 Å². The van der Waals surface area contributed by atoms with Crippen LogP contribution in [0.25, 0.3) is 11.3 Å². The van der Waals surface area contributed by atoms with Gasteiger partial charge in [-0.05, 0) is 39.2 Å². The summed E-state index contributed by atoms with van der Waals surface area (Å²) in [6.07, 6.45) is 1.65. The monoisotopic (exact) mass is 360 g/mol. The molecule has 3 rings (SSSR count). The van der Waals surface area contributed by atoms with E-state index in [1.165, 1.54) is 22.5 Å². The van der Waals surface area contributed by atoms with Gasteiger partial charge in [0.2, 0.25) is 0 Å². The molecule has 1 aliphatic rings. The molecule has 1 aliphatic heterocycles. The Balaban J connectivity index is 1.57. The number of benzene rings is 1. The Morgan fingerprint density at radius 1 is 1.48 bits per heavy atom. The molecule has 1 fully saturated rings. The number of nitrogens with zero attached hydrogens (tertiary/aromatic N) is 1. The molecule has 0 bridgehead atoms. The van der Waals surface area contributed by atoms with Gasteiger partial charge in [-0.3, -0.25) is 10.1 Å². The molecule has 0 saturated carbocycles. The Labute approximate surface area is 152 Å². The van der Waals surface area contributed by atoms with Crippen LogP contribution in [-0.2, 0) is 14.3 Å². The van der Waals surface area contributed by atoms with Crippen molar-refractivity contribution < 1.29 is 14.3 Å². The average molecular weight is 360 g/mol. The molecule has 2 heterocycles. The number of carbonyl (C=O) groups excluding carboxylic acids is 1. The second-order valence-corrected chi connectivity index (χ2v) is 7.31. The number of anilines is 1. The lowest BCUT2D eigenvalue weighted by Gasteiger charge is -2.15. The highest BCUT2D eigenvalue weighted by Gasteiger charge is 2.20. The lowest BCUT2D eigenvalue weighted by molar-refractivity contribution is -0.128. The van der Waals surface area contributed by atoms with Crippen molar-refractivity contribution in [3.05, 3.63) is 34.7 Å². The molecule has 1 aromatic heterocycles. The maximum atomic E-state index is 12.3. The van der Waals surface area contributed by atoms with Crippen LogP contribution in [0.5, 0.6) is 0 Å². The van der Waals surface area contributed by atoms with Crippen LogP contribution in [0.15, 0.2) is 23.6 Å². The van der Waals surface area contributed by atoms with Gasteiger partial charge in [-0.1, -0.05) is 23.8 Å². The minimum absolute atomic E-state index is 0.117. The average Bonchev–Trinajstić information content (AvgIpc) is 3.24. The molecular weight excluding hydrogens is 336 g/mol. The number of hydrogen-bond donors (Lipinski definition) is 1. The van der Waals surface area contributed by atoms with E-state index in [4.69, 9.17) is 9.47 Å². The van der Waals surface area contributed by atoms with Crippen molar-refractivity contribution in [3.8, 4) is 11.3 Å². The zero-order valence-electron chi connectivity index (χ0n) is 14.9. The highest BCUT2D eigenvalue weighted by molar-refractivity contribution is 7.14. The smallest absolute Gasteiger partial charge is 0.254 e. The Kier molecular flexibility index (Phi) is 5.83. The molecule has 0 radical (unpaired) electrons. The maximum Gasteiger partial charge on any atom is 0.254 e. The van der Waals surface area contributed by atoms with Crippen LogP contribution in [-0.4, -0.2) is 36.3 Å². The largest absolute Gasteiger partial charge is 0.376 e. The molecule has 0 aliphatic carbocycles. The second kappa shape index (κ2) is 8.08. The minimum Gasteiger partial charge on any atom is -0.376 e. The van der Waals surface area contributed by atoms with Crippen LogP contribution in [0.4, 0.5) is 5.13 Å². The highest BCUT2D eigenvalue weighted by Crippen LogP contribution is 2.28. The molecule has 134 valence electrons. The first-order chi connectivity index (χ1) is 12.0. The summed E-state index contributed by atoms with van der Waals surface area (Å²) in [5.74, 6) is -0.181. The fourth-order valence-corrected chi connectivity index (χ4v) is 3.58. The third kappa shape index (κ3) is 4.66. The fourth-order valence-electron chi connectivity index (χ4n) is 2.87. The van der Waals surface area contributed by atoms with E-state index in [0.717, 1.165) is 30.7 Å². The van der Waals surface area contributed by atoms with E-state index in [0.29, 0.717) is 11.7 Å². The number of hydrogen-bond acceptors (Lipinski definition) is 5. The topological polar surface area (TPSA) is 60.5 Å². The van der Waals surface area contributed by atoms with E-state index in [-0.39, 0.29) is 12.0 Å². The third-order valence-corrected chi connectivity index (χ3v) is 5.08. The third-order valence-electron chi connectivity index (χ3n) is 4.32. The van der Waals surface area contributed by atoms with E-state index >= 15 is 0 Å². The van der Waals surface area contributed by atoms with Crippen molar-refractivity contribution in [3.63, 3.8) is 0 Å². The number of carbonyl (C=O) groups is 1. The van der Waals surface area contributed by atoms with Crippen molar-refractivity contribution in [1.29, 1.82) is 0 Å². The van der Waals surface area contributed by atoms with E-state index in [9.17, 15) is 4.79 Å². The predicted molar refractivity (Wildman–Crippen MR) is 100 cm³/mol. The number of nitrogens with one attached hydrogen (secondary N) is 1. The lowest BCUT2D eigenvalue weighted by atomic mass is 10.0. The molecule has 0 unspecified atom stereocenters. The molecule has 2 aromatic rings. The van der Waals surface area contributed by atoms with Crippen LogP contribution < -0.4 is 5.32 Å². The normalized spacial score (nSPS) is 18.3. The molecule has 0 spiro atoms. The number of thiazole rings is 1. The van der Waals surface area contributed by atoms with Gasteiger partial charge >= 0.3 is 0 Å². The van der Waals surface area contributed by atoms with Crippen molar-refractivity contribution in [2.45, 2.75) is 45.8 Å². The summed E-state index contributed by atoms with van der Waals surface area (Å²) in [6, 6.07) is 6.27. The number of rotatable bonds is 6. The van der Waals surface area contributed by atoms with Crippen molar-refractivity contribution >= 4 is 22.4 Å². The van der Waals surface area contributed by atoms with Crippen LogP contribution in [0, 0.1) is 13.8 Å². The van der Waals surface area contributed by atoms with Crippen LogP contribution in [0.2, 0.25) is 0 Å². The summed E-state index contributed by atoms with van der Waals surface area (Å²) in [6.45, 7) is 7.14. The van der Waals surface area contributed by atoms with Crippen molar-refractivity contribution in [2.24, 2.45) is 0 Å². The van der Waals surface area contributed by atoms with Gasteiger partial charge in [0, 0.05) is 17.6 Å². The molecular formula is C19H24N2O3S. The molecule has 1 amide bonds. The van der Waals surface area contributed by atoms with Crippen molar-refractivity contribution in [1.82, 2.24) is 4.98 Å². The molecule has 6 heteroatoms. The first-order valence-corrected chi connectivity index (χ1v) is 9.48. The van der Waals surface area contributed by atoms with Gasteiger partial charge in [-0.15, -0.1) is 11.3 Å². The Morgan fingerprint density at radius 3 is 3.04 bits per heavy atom.